The van der Waals surface area contributed by atoms with Crippen LogP contribution in [0.25, 0.3) is 0 Å². The molecule has 0 saturated heterocycles. The van der Waals surface area contributed by atoms with Crippen LogP contribution < -0.4 is 11.1 Å². The highest BCUT2D eigenvalue weighted by molar-refractivity contribution is 7.16. The molecule has 0 aliphatic rings. The highest BCUT2D eigenvalue weighted by atomic mass is 35.5. The number of amides is 1. The molecule has 1 aromatic rings. The summed E-state index contributed by atoms with van der Waals surface area (Å²) in [5.74, 6) is 0.0304. The highest BCUT2D eigenvalue weighted by Gasteiger charge is 2.27. The maximum Gasteiger partial charge on any atom is 0.234 e. The third-order valence-electron chi connectivity index (χ3n) is 3.36. The second kappa shape index (κ2) is 8.73. The van der Waals surface area contributed by atoms with Crippen molar-refractivity contribution in [3.63, 3.8) is 0 Å². The zero-order chi connectivity index (χ0) is 16.0. The Morgan fingerprint density at radius 3 is 2.52 bits per heavy atom. The summed E-state index contributed by atoms with van der Waals surface area (Å²) in [6.45, 7) is 9.15. The number of rotatable bonds is 8. The molecule has 0 bridgehead atoms. The van der Waals surface area contributed by atoms with Crippen LogP contribution in [0.2, 0.25) is 4.34 Å². The molecule has 0 saturated carbocycles. The summed E-state index contributed by atoms with van der Waals surface area (Å²) < 4.78 is 0.751. The van der Waals surface area contributed by atoms with Gasteiger partial charge in [-0.05, 0) is 38.9 Å². The maximum absolute atomic E-state index is 12.1. The summed E-state index contributed by atoms with van der Waals surface area (Å²) in [6, 6.07) is 4.04. The monoisotopic (exact) mass is 331 g/mol. The lowest BCUT2D eigenvalue weighted by Gasteiger charge is -2.33. The Kier molecular flexibility index (Phi) is 7.66. The molecular formula is C15H26ClN3OS. The summed E-state index contributed by atoms with van der Waals surface area (Å²) in [4.78, 5) is 15.3. The molecule has 1 rings (SSSR count). The summed E-state index contributed by atoms with van der Waals surface area (Å²) in [6.07, 6.45) is 0.850. The van der Waals surface area contributed by atoms with Gasteiger partial charge >= 0.3 is 0 Å². The van der Waals surface area contributed by atoms with Crippen molar-refractivity contribution in [2.24, 2.45) is 5.73 Å². The van der Waals surface area contributed by atoms with Gasteiger partial charge in [-0.15, -0.1) is 11.3 Å². The molecule has 3 N–H and O–H groups in total. The molecule has 2 atom stereocenters. The van der Waals surface area contributed by atoms with E-state index in [0.717, 1.165) is 22.2 Å². The van der Waals surface area contributed by atoms with Gasteiger partial charge in [0, 0.05) is 17.0 Å². The topological polar surface area (TPSA) is 58.4 Å². The van der Waals surface area contributed by atoms with E-state index in [9.17, 15) is 4.79 Å². The number of nitrogens with zero attached hydrogens (tertiary/aromatic N) is 1. The molecule has 0 spiro atoms. The van der Waals surface area contributed by atoms with E-state index in [-0.39, 0.29) is 24.0 Å². The van der Waals surface area contributed by atoms with Crippen molar-refractivity contribution in [2.45, 2.75) is 52.2 Å². The van der Waals surface area contributed by atoms with Crippen LogP contribution in [-0.2, 0) is 4.79 Å². The quantitative estimate of drug-likeness (QED) is 0.769. The fourth-order valence-corrected chi connectivity index (χ4v) is 3.60. The normalized spacial score (nSPS) is 14.5. The van der Waals surface area contributed by atoms with Crippen LogP contribution in [-0.4, -0.2) is 36.0 Å². The predicted octanol–water partition coefficient (Wildman–Crippen LogP) is 3.03. The maximum atomic E-state index is 12.1. The molecule has 4 nitrogen and oxygen atoms in total. The summed E-state index contributed by atoms with van der Waals surface area (Å²) in [5, 5.41) is 2.93. The van der Waals surface area contributed by atoms with Crippen molar-refractivity contribution < 1.29 is 4.79 Å². The Morgan fingerprint density at radius 2 is 2.10 bits per heavy atom. The predicted molar refractivity (Wildman–Crippen MR) is 90.9 cm³/mol. The SMILES string of the molecule is CCC(N)C(c1ccc(Cl)s1)N(CC)CC(=O)NC(C)C. The first-order chi connectivity index (χ1) is 9.88. The number of nitrogens with one attached hydrogen (secondary N) is 1. The molecule has 0 aliphatic heterocycles. The number of hydrogen-bond donors (Lipinski definition) is 2. The Bertz CT molecular complexity index is 450. The van der Waals surface area contributed by atoms with Crippen LogP contribution in [0, 0.1) is 0 Å². The molecule has 120 valence electrons. The minimum atomic E-state index is -0.0217. The lowest BCUT2D eigenvalue weighted by Crippen LogP contribution is -2.46. The lowest BCUT2D eigenvalue weighted by atomic mass is 10.0. The van der Waals surface area contributed by atoms with Crippen molar-refractivity contribution in [3.05, 3.63) is 21.3 Å². The minimum Gasteiger partial charge on any atom is -0.353 e. The van der Waals surface area contributed by atoms with E-state index >= 15 is 0 Å². The molecule has 21 heavy (non-hydrogen) atoms. The van der Waals surface area contributed by atoms with Crippen LogP contribution in [0.15, 0.2) is 12.1 Å². The van der Waals surface area contributed by atoms with Crippen molar-refractivity contribution in [2.75, 3.05) is 13.1 Å². The van der Waals surface area contributed by atoms with E-state index < -0.39 is 0 Å². The Labute approximate surface area is 136 Å². The van der Waals surface area contributed by atoms with Gasteiger partial charge in [-0.25, -0.2) is 0 Å². The zero-order valence-corrected chi connectivity index (χ0v) is 14.8. The third kappa shape index (κ3) is 5.58. The summed E-state index contributed by atoms with van der Waals surface area (Å²) >= 11 is 7.59. The average molecular weight is 332 g/mol. The van der Waals surface area contributed by atoms with Crippen LogP contribution in [0.1, 0.15) is 45.0 Å². The molecule has 0 fully saturated rings. The van der Waals surface area contributed by atoms with Gasteiger partial charge in [-0.3, -0.25) is 9.69 Å². The lowest BCUT2D eigenvalue weighted by molar-refractivity contribution is -0.123. The first-order valence-electron chi connectivity index (χ1n) is 7.43. The molecule has 1 aromatic heterocycles. The van der Waals surface area contributed by atoms with Crippen LogP contribution in [0.4, 0.5) is 0 Å². The van der Waals surface area contributed by atoms with Gasteiger partial charge in [-0.2, -0.15) is 0 Å². The average Bonchev–Trinajstić information content (AvgIpc) is 2.82. The minimum absolute atomic E-state index is 0.0217. The molecule has 0 radical (unpaired) electrons. The smallest absolute Gasteiger partial charge is 0.234 e. The number of carbonyl (C=O) groups is 1. The number of halogens is 1. The van der Waals surface area contributed by atoms with Gasteiger partial charge in [0.25, 0.3) is 0 Å². The first-order valence-corrected chi connectivity index (χ1v) is 8.62. The number of hydrogen-bond acceptors (Lipinski definition) is 4. The van der Waals surface area contributed by atoms with Crippen LogP contribution in [0.3, 0.4) is 0 Å². The van der Waals surface area contributed by atoms with Gasteiger partial charge in [0.05, 0.1) is 16.9 Å². The van der Waals surface area contributed by atoms with E-state index in [1.165, 1.54) is 11.3 Å². The fraction of sp³-hybridized carbons (Fsp3) is 0.667. The van der Waals surface area contributed by atoms with Gasteiger partial charge in [0.2, 0.25) is 5.91 Å². The van der Waals surface area contributed by atoms with Crippen molar-refractivity contribution >= 4 is 28.8 Å². The van der Waals surface area contributed by atoms with Crippen molar-refractivity contribution in [3.8, 4) is 0 Å². The Balaban J connectivity index is 2.91. The first kappa shape index (κ1) is 18.4. The van der Waals surface area contributed by atoms with Gasteiger partial charge in [-0.1, -0.05) is 25.4 Å². The zero-order valence-electron chi connectivity index (χ0n) is 13.2. The molecule has 0 aliphatic carbocycles. The van der Waals surface area contributed by atoms with E-state index in [4.69, 9.17) is 17.3 Å². The standard InChI is InChI=1S/C15H26ClN3OS/c1-5-11(17)15(12-7-8-13(16)21-12)19(6-2)9-14(20)18-10(3)4/h7-8,10-11,15H,5-6,9,17H2,1-4H3,(H,18,20). The largest absolute Gasteiger partial charge is 0.353 e. The van der Waals surface area contributed by atoms with Crippen molar-refractivity contribution in [1.29, 1.82) is 0 Å². The number of likely N-dealkylation sites (N-methyl/N-ethyl adjacent to an activating group) is 1. The second-order valence-corrected chi connectivity index (χ2v) is 7.19. The Hall–Kier alpha value is -0.620. The van der Waals surface area contributed by atoms with Crippen LogP contribution in [0.5, 0.6) is 0 Å². The van der Waals surface area contributed by atoms with E-state index in [0.29, 0.717) is 6.54 Å². The fourth-order valence-electron chi connectivity index (χ4n) is 2.33. The summed E-state index contributed by atoms with van der Waals surface area (Å²) in [7, 11) is 0. The highest BCUT2D eigenvalue weighted by Crippen LogP contribution is 2.32. The van der Waals surface area contributed by atoms with Gasteiger partial charge < -0.3 is 11.1 Å². The van der Waals surface area contributed by atoms with Gasteiger partial charge in [0.1, 0.15) is 0 Å². The third-order valence-corrected chi connectivity index (χ3v) is 4.66. The molecule has 6 heteroatoms. The van der Waals surface area contributed by atoms with Crippen LogP contribution >= 0.6 is 22.9 Å². The van der Waals surface area contributed by atoms with E-state index in [2.05, 4.69) is 17.1 Å². The molecule has 0 aromatic carbocycles. The molecule has 2 unspecified atom stereocenters. The van der Waals surface area contributed by atoms with E-state index in [1.54, 1.807) is 0 Å². The van der Waals surface area contributed by atoms with Crippen molar-refractivity contribution in [1.82, 2.24) is 10.2 Å². The Morgan fingerprint density at radius 1 is 1.43 bits per heavy atom. The molecule has 1 amide bonds. The van der Waals surface area contributed by atoms with E-state index in [1.807, 2.05) is 32.9 Å². The summed E-state index contributed by atoms with van der Waals surface area (Å²) in [5.41, 5.74) is 6.30. The van der Waals surface area contributed by atoms with Gasteiger partial charge in [0.15, 0.2) is 0 Å². The second-order valence-electron chi connectivity index (χ2n) is 5.44. The number of carbonyl (C=O) groups excluding carboxylic acids is 1. The molecule has 1 heterocycles. The number of nitrogens with two attached hydrogens (primary N) is 1. The number of thiophene rings is 1. The molecular weight excluding hydrogens is 306 g/mol.